The van der Waals surface area contributed by atoms with Crippen molar-refractivity contribution in [1.82, 2.24) is 5.32 Å². The first-order valence-electron chi connectivity index (χ1n) is 8.82. The van der Waals surface area contributed by atoms with E-state index in [0.717, 1.165) is 6.42 Å². The van der Waals surface area contributed by atoms with Crippen LogP contribution in [0.3, 0.4) is 0 Å². The molecule has 0 spiro atoms. The number of ether oxygens (including phenoxy) is 2. The number of piperidine rings is 1. The molecule has 0 bridgehead atoms. The zero-order valence-corrected chi connectivity index (χ0v) is 15.3. The summed E-state index contributed by atoms with van der Waals surface area (Å²) in [4.78, 5) is 25.0. The number of methoxy groups -OCH3 is 1. The summed E-state index contributed by atoms with van der Waals surface area (Å²) in [5.41, 5.74) is -3.15. The monoisotopic (exact) mass is 389 g/mol. The van der Waals surface area contributed by atoms with Gasteiger partial charge in [-0.25, -0.2) is 4.79 Å². The van der Waals surface area contributed by atoms with E-state index in [4.69, 9.17) is 9.47 Å². The van der Waals surface area contributed by atoms with E-state index in [1.807, 2.05) is 5.32 Å². The lowest BCUT2D eigenvalue weighted by molar-refractivity contribution is -0.962. The molecule has 1 aromatic rings. The molecule has 0 aromatic heterocycles. The summed E-state index contributed by atoms with van der Waals surface area (Å²) in [5.74, 6) is -2.03. The minimum absolute atomic E-state index is 0.00914. The molecule has 1 saturated heterocycles. The van der Waals surface area contributed by atoms with Crippen LogP contribution in [0.5, 0.6) is 5.75 Å². The average molecular weight is 389 g/mol. The standard InChI is InChI=1S/C18H23F3N2O4/c1-3-27-16(25)17(18(19,20)21,23-11-5-4-6-12-23)22-15(24)13-7-9-14(26-2)10-8-13/h7-10H,3-6,11-12H2,1-2H3,(H,22,24)/p+1/t17-/m0/s1. The molecule has 1 fully saturated rings. The molecule has 1 amide bonds. The largest absolute Gasteiger partial charge is 0.497 e. The van der Waals surface area contributed by atoms with Crippen LogP contribution in [-0.2, 0) is 9.53 Å². The van der Waals surface area contributed by atoms with Crippen LogP contribution in [-0.4, -0.2) is 50.5 Å². The summed E-state index contributed by atoms with van der Waals surface area (Å²) in [7, 11) is 1.43. The Kier molecular flexibility index (Phi) is 6.69. The zero-order chi connectivity index (χ0) is 20.1. The molecule has 1 aliphatic heterocycles. The second kappa shape index (κ2) is 8.60. The molecule has 0 unspecified atom stereocenters. The molecule has 1 atom stereocenters. The van der Waals surface area contributed by atoms with Crippen molar-refractivity contribution < 1.29 is 37.1 Å². The van der Waals surface area contributed by atoms with Gasteiger partial charge < -0.3 is 9.47 Å². The van der Waals surface area contributed by atoms with Crippen LogP contribution in [0.2, 0.25) is 0 Å². The highest BCUT2D eigenvalue weighted by atomic mass is 19.4. The number of amides is 1. The number of carbonyl (C=O) groups excluding carboxylic acids is 2. The number of likely N-dealkylation sites (tertiary alicyclic amines) is 1. The molecule has 2 N–H and O–H groups in total. The van der Waals surface area contributed by atoms with Crippen molar-refractivity contribution in [3.05, 3.63) is 29.8 Å². The number of hydrogen-bond donors (Lipinski definition) is 2. The van der Waals surface area contributed by atoms with Gasteiger partial charge in [-0.15, -0.1) is 0 Å². The summed E-state index contributed by atoms with van der Waals surface area (Å²) in [6.07, 6.45) is -3.17. The Bertz CT molecular complexity index is 658. The average Bonchev–Trinajstić information content (AvgIpc) is 2.65. The van der Waals surface area contributed by atoms with Gasteiger partial charge in [0.05, 0.1) is 26.8 Å². The topological polar surface area (TPSA) is 69.1 Å². The van der Waals surface area contributed by atoms with Gasteiger partial charge in [-0.3, -0.25) is 15.0 Å². The first kappa shape index (κ1) is 21.0. The van der Waals surface area contributed by atoms with Crippen LogP contribution in [0, 0.1) is 0 Å². The Balaban J connectivity index is 2.42. The second-order valence-electron chi connectivity index (χ2n) is 6.32. The third-order valence-corrected chi connectivity index (χ3v) is 4.65. The lowest BCUT2D eigenvalue weighted by atomic mass is 10.0. The highest BCUT2D eigenvalue weighted by molar-refractivity contribution is 5.98. The molecule has 0 saturated carbocycles. The van der Waals surface area contributed by atoms with Gasteiger partial charge in [-0.2, -0.15) is 13.2 Å². The predicted molar refractivity (Wildman–Crippen MR) is 90.4 cm³/mol. The highest BCUT2D eigenvalue weighted by Crippen LogP contribution is 2.29. The van der Waals surface area contributed by atoms with Crippen LogP contribution in [0.15, 0.2) is 24.3 Å². The fourth-order valence-electron chi connectivity index (χ4n) is 3.25. The van der Waals surface area contributed by atoms with Crippen LogP contribution in [0.1, 0.15) is 36.5 Å². The molecule has 1 aliphatic rings. The predicted octanol–water partition coefficient (Wildman–Crippen LogP) is 1.32. The van der Waals surface area contributed by atoms with Gasteiger partial charge in [-0.1, -0.05) is 0 Å². The van der Waals surface area contributed by atoms with Crippen LogP contribution in [0.25, 0.3) is 0 Å². The van der Waals surface area contributed by atoms with Gasteiger partial charge in [0, 0.05) is 5.56 Å². The molecular formula is C18H24F3N2O4+. The number of alkyl halides is 3. The van der Waals surface area contributed by atoms with Crippen LogP contribution in [0.4, 0.5) is 13.2 Å². The molecule has 0 aliphatic carbocycles. The number of hydrogen-bond acceptors (Lipinski definition) is 4. The number of halogens is 3. The van der Waals surface area contributed by atoms with Gasteiger partial charge in [0.25, 0.3) is 5.91 Å². The van der Waals surface area contributed by atoms with E-state index >= 15 is 0 Å². The van der Waals surface area contributed by atoms with E-state index in [1.165, 1.54) is 38.3 Å². The normalized spacial score (nSPS) is 17.7. The molecule has 27 heavy (non-hydrogen) atoms. The van der Waals surface area contributed by atoms with E-state index in [1.54, 1.807) is 0 Å². The van der Waals surface area contributed by atoms with Gasteiger partial charge >= 0.3 is 17.8 Å². The van der Waals surface area contributed by atoms with Gasteiger partial charge in [0.1, 0.15) is 5.75 Å². The van der Waals surface area contributed by atoms with Crippen molar-refractivity contribution in [3.63, 3.8) is 0 Å². The van der Waals surface area contributed by atoms with E-state index in [9.17, 15) is 22.8 Å². The lowest BCUT2D eigenvalue weighted by Crippen LogP contribution is -3.26. The molecular weight excluding hydrogens is 365 g/mol. The number of quaternary nitrogens is 1. The van der Waals surface area contributed by atoms with Crippen molar-refractivity contribution in [1.29, 1.82) is 0 Å². The zero-order valence-electron chi connectivity index (χ0n) is 15.3. The number of carbonyl (C=O) groups is 2. The third kappa shape index (κ3) is 4.35. The smallest absolute Gasteiger partial charge is 0.478 e. The first-order valence-corrected chi connectivity index (χ1v) is 8.82. The molecule has 0 radical (unpaired) electrons. The summed E-state index contributed by atoms with van der Waals surface area (Å²) in [6, 6.07) is 5.60. The van der Waals surface area contributed by atoms with Gasteiger partial charge in [0.2, 0.25) is 0 Å². The lowest BCUT2D eigenvalue weighted by Gasteiger charge is -2.41. The van der Waals surface area contributed by atoms with Crippen molar-refractivity contribution in [2.75, 3.05) is 26.8 Å². The summed E-state index contributed by atoms with van der Waals surface area (Å²) >= 11 is 0. The molecule has 1 aromatic carbocycles. The second-order valence-corrected chi connectivity index (χ2v) is 6.32. The first-order chi connectivity index (χ1) is 12.8. The Labute approximate surface area is 155 Å². The van der Waals surface area contributed by atoms with E-state index < -0.39 is 23.7 Å². The maximum absolute atomic E-state index is 14.2. The third-order valence-electron chi connectivity index (χ3n) is 4.65. The van der Waals surface area contributed by atoms with Crippen LogP contribution >= 0.6 is 0 Å². The van der Waals surface area contributed by atoms with Crippen molar-refractivity contribution in [3.8, 4) is 5.75 Å². The molecule has 150 valence electrons. The fourth-order valence-corrected chi connectivity index (χ4v) is 3.25. The van der Waals surface area contributed by atoms with Crippen LogP contribution < -0.4 is 15.0 Å². The quantitative estimate of drug-likeness (QED) is 0.720. The van der Waals surface area contributed by atoms with E-state index in [-0.39, 0.29) is 30.2 Å². The molecule has 2 rings (SSSR count). The summed E-state index contributed by atoms with van der Waals surface area (Å²) in [6.45, 7) is 1.43. The Morgan fingerprint density at radius 3 is 2.19 bits per heavy atom. The SMILES string of the molecule is CCOC(=O)[C@](NC(=O)c1ccc(OC)cc1)([NH+]1CCCCC1)C(F)(F)F. The minimum atomic E-state index is -5.02. The van der Waals surface area contributed by atoms with E-state index in [2.05, 4.69) is 0 Å². The maximum Gasteiger partial charge on any atom is 0.478 e. The Morgan fingerprint density at radius 1 is 1.11 bits per heavy atom. The summed E-state index contributed by atoms with van der Waals surface area (Å²) < 4.78 is 52.2. The van der Waals surface area contributed by atoms with Crippen molar-refractivity contribution >= 4 is 11.9 Å². The molecule has 6 nitrogen and oxygen atoms in total. The number of benzene rings is 1. The number of rotatable bonds is 6. The fraction of sp³-hybridized carbons (Fsp3) is 0.556. The minimum Gasteiger partial charge on any atom is -0.497 e. The Hall–Kier alpha value is -2.29. The van der Waals surface area contributed by atoms with Crippen molar-refractivity contribution in [2.45, 2.75) is 38.0 Å². The molecule has 1 heterocycles. The van der Waals surface area contributed by atoms with Gasteiger partial charge in [0.15, 0.2) is 0 Å². The summed E-state index contributed by atoms with van der Waals surface area (Å²) in [5, 5.41) is 1.96. The van der Waals surface area contributed by atoms with Crippen molar-refractivity contribution in [2.24, 2.45) is 0 Å². The van der Waals surface area contributed by atoms with E-state index in [0.29, 0.717) is 18.6 Å². The maximum atomic E-state index is 14.2. The van der Waals surface area contributed by atoms with Gasteiger partial charge in [-0.05, 0) is 50.5 Å². The Morgan fingerprint density at radius 2 is 1.70 bits per heavy atom. The number of esters is 1. The highest BCUT2D eigenvalue weighted by Gasteiger charge is 2.70. The molecule has 9 heteroatoms. The number of nitrogens with one attached hydrogen (secondary N) is 2.